The fraction of sp³-hybridized carbons (Fsp3) is 0.864. The van der Waals surface area contributed by atoms with Crippen molar-refractivity contribution in [3.05, 3.63) is 11.6 Å². The number of hydrogen-bond donors (Lipinski definition) is 1. The van der Waals surface area contributed by atoms with Gasteiger partial charge in [-0.05, 0) is 86.9 Å². The van der Waals surface area contributed by atoms with Crippen LogP contribution in [0.5, 0.6) is 0 Å². The van der Waals surface area contributed by atoms with E-state index < -0.39 is 0 Å². The largest absolute Gasteiger partial charge is 0.393 e. The number of hydrogen-bond acceptors (Lipinski definition) is 2. The lowest BCUT2D eigenvalue weighted by Crippen LogP contribution is -2.50. The van der Waals surface area contributed by atoms with E-state index in [1.807, 2.05) is 7.05 Å². The minimum absolute atomic E-state index is 0.0889. The highest BCUT2D eigenvalue weighted by molar-refractivity contribution is 5.85. The molecule has 0 spiro atoms. The van der Waals surface area contributed by atoms with E-state index in [1.54, 1.807) is 5.57 Å². The molecule has 4 unspecified atom stereocenters. The summed E-state index contributed by atoms with van der Waals surface area (Å²) >= 11 is 0. The Hall–Kier alpha value is -0.630. The predicted molar refractivity (Wildman–Crippen MR) is 100 cm³/mol. The van der Waals surface area contributed by atoms with Gasteiger partial charge in [-0.25, -0.2) is 0 Å². The van der Waals surface area contributed by atoms with E-state index in [9.17, 15) is 5.11 Å². The van der Waals surface area contributed by atoms with Gasteiger partial charge in [0.2, 0.25) is 0 Å². The standard InChI is InChI=1S/C22H35NO/c1-14(23-4)18-7-8-19-17-6-5-15-13-16(24)9-11-21(15,2)20(17)10-12-22(18,19)3/h5,16-20,24H,6-13H2,1-4H3/b23-14-/t16?,17?,18-,19?,20?,21+,22-/m1/s1. The van der Waals surface area contributed by atoms with E-state index in [0.29, 0.717) is 16.7 Å². The number of aliphatic hydroxyl groups excluding tert-OH is 1. The highest BCUT2D eigenvalue weighted by Gasteiger charge is 2.58. The first-order valence-electron chi connectivity index (χ1n) is 10.2. The summed E-state index contributed by atoms with van der Waals surface area (Å²) in [4.78, 5) is 4.58. The van der Waals surface area contributed by atoms with Crippen LogP contribution in [0.15, 0.2) is 16.6 Å². The molecule has 0 aromatic rings. The minimum Gasteiger partial charge on any atom is -0.393 e. The third kappa shape index (κ3) is 2.21. The van der Waals surface area contributed by atoms with Crippen LogP contribution in [-0.2, 0) is 0 Å². The van der Waals surface area contributed by atoms with Crippen LogP contribution in [0, 0.1) is 34.5 Å². The first kappa shape index (κ1) is 16.8. The molecule has 4 aliphatic rings. The molecule has 2 nitrogen and oxygen atoms in total. The summed E-state index contributed by atoms with van der Waals surface area (Å²) in [6, 6.07) is 0. The van der Waals surface area contributed by atoms with Gasteiger partial charge in [-0.15, -0.1) is 0 Å². The van der Waals surface area contributed by atoms with Gasteiger partial charge in [0.15, 0.2) is 0 Å². The average molecular weight is 330 g/mol. The molecule has 4 rings (SSSR count). The third-order valence-corrected chi connectivity index (χ3v) is 8.93. The Kier molecular flexibility index (Phi) is 3.99. The maximum absolute atomic E-state index is 10.1. The van der Waals surface area contributed by atoms with E-state index in [2.05, 4.69) is 31.8 Å². The summed E-state index contributed by atoms with van der Waals surface area (Å²) in [7, 11) is 1.97. The number of allylic oxidation sites excluding steroid dienone is 1. The van der Waals surface area contributed by atoms with Gasteiger partial charge in [0.1, 0.15) is 0 Å². The van der Waals surface area contributed by atoms with E-state index >= 15 is 0 Å². The van der Waals surface area contributed by atoms with Gasteiger partial charge in [-0.1, -0.05) is 25.5 Å². The number of rotatable bonds is 1. The molecule has 3 saturated carbocycles. The fourth-order valence-corrected chi connectivity index (χ4v) is 7.48. The van der Waals surface area contributed by atoms with Crippen LogP contribution in [0.2, 0.25) is 0 Å². The Labute approximate surface area is 147 Å². The van der Waals surface area contributed by atoms with Crippen LogP contribution in [-0.4, -0.2) is 24.0 Å². The quantitative estimate of drug-likeness (QED) is 0.532. The zero-order valence-corrected chi connectivity index (χ0v) is 16.0. The molecule has 0 heterocycles. The second kappa shape index (κ2) is 5.69. The molecule has 24 heavy (non-hydrogen) atoms. The highest BCUT2D eigenvalue weighted by Crippen LogP contribution is 2.66. The van der Waals surface area contributed by atoms with Crippen LogP contribution in [0.25, 0.3) is 0 Å². The number of aliphatic hydroxyl groups is 1. The molecule has 0 aromatic heterocycles. The van der Waals surface area contributed by atoms with Crippen molar-refractivity contribution in [2.24, 2.45) is 39.5 Å². The Bertz CT molecular complexity index is 579. The van der Waals surface area contributed by atoms with Gasteiger partial charge in [-0.2, -0.15) is 0 Å². The van der Waals surface area contributed by atoms with E-state index in [1.165, 1.54) is 44.2 Å². The van der Waals surface area contributed by atoms with Crippen LogP contribution in [0.4, 0.5) is 0 Å². The van der Waals surface area contributed by atoms with E-state index in [0.717, 1.165) is 30.6 Å². The maximum Gasteiger partial charge on any atom is 0.0577 e. The Morgan fingerprint density at radius 2 is 1.92 bits per heavy atom. The molecular weight excluding hydrogens is 294 g/mol. The summed E-state index contributed by atoms with van der Waals surface area (Å²) < 4.78 is 0. The molecule has 0 amide bonds. The SMILES string of the molecule is C/N=C(/C)[C@H]1CCC2C3CC=C4CC(O)CC[C@]4(C)C3CC[C@@]21C. The lowest BCUT2D eigenvalue weighted by Gasteiger charge is -2.58. The highest BCUT2D eigenvalue weighted by atomic mass is 16.3. The zero-order chi connectivity index (χ0) is 17.1. The van der Waals surface area contributed by atoms with Crippen molar-refractivity contribution in [1.82, 2.24) is 0 Å². The second-order valence-corrected chi connectivity index (χ2v) is 9.70. The van der Waals surface area contributed by atoms with Crippen LogP contribution >= 0.6 is 0 Å². The Balaban J connectivity index is 1.65. The van der Waals surface area contributed by atoms with Crippen molar-refractivity contribution in [2.45, 2.75) is 78.2 Å². The Morgan fingerprint density at radius 1 is 1.12 bits per heavy atom. The van der Waals surface area contributed by atoms with Gasteiger partial charge < -0.3 is 5.11 Å². The van der Waals surface area contributed by atoms with Crippen molar-refractivity contribution >= 4 is 5.71 Å². The summed E-state index contributed by atoms with van der Waals surface area (Å²) in [6.45, 7) is 7.36. The van der Waals surface area contributed by atoms with Crippen molar-refractivity contribution in [1.29, 1.82) is 0 Å². The average Bonchev–Trinajstić information content (AvgIpc) is 2.92. The fourth-order valence-electron chi connectivity index (χ4n) is 7.48. The van der Waals surface area contributed by atoms with Crippen molar-refractivity contribution in [3.63, 3.8) is 0 Å². The van der Waals surface area contributed by atoms with Crippen molar-refractivity contribution in [2.75, 3.05) is 7.05 Å². The number of aliphatic imine (C=N–C) groups is 1. The minimum atomic E-state index is -0.0889. The third-order valence-electron chi connectivity index (χ3n) is 8.93. The normalized spacial score (nSPS) is 51.5. The molecule has 0 radical (unpaired) electrons. The maximum atomic E-state index is 10.1. The summed E-state index contributed by atoms with van der Waals surface area (Å²) in [6.07, 6.45) is 12.4. The molecular formula is C22H35NO. The van der Waals surface area contributed by atoms with Crippen LogP contribution in [0.1, 0.15) is 72.1 Å². The lowest BCUT2D eigenvalue weighted by molar-refractivity contribution is -0.0423. The lowest BCUT2D eigenvalue weighted by atomic mass is 9.47. The first-order valence-corrected chi connectivity index (χ1v) is 10.2. The van der Waals surface area contributed by atoms with Gasteiger partial charge in [-0.3, -0.25) is 4.99 Å². The molecule has 4 aliphatic carbocycles. The topological polar surface area (TPSA) is 32.6 Å². The number of nitrogens with zero attached hydrogens (tertiary/aromatic N) is 1. The van der Waals surface area contributed by atoms with Gasteiger partial charge in [0.25, 0.3) is 0 Å². The molecule has 0 aromatic carbocycles. The predicted octanol–water partition coefficient (Wildman–Crippen LogP) is 5.02. The molecule has 0 bridgehead atoms. The molecule has 0 saturated heterocycles. The monoisotopic (exact) mass is 329 g/mol. The molecule has 134 valence electrons. The smallest absolute Gasteiger partial charge is 0.0577 e. The van der Waals surface area contributed by atoms with Crippen LogP contribution in [0.3, 0.4) is 0 Å². The van der Waals surface area contributed by atoms with E-state index in [4.69, 9.17) is 0 Å². The van der Waals surface area contributed by atoms with Gasteiger partial charge in [0.05, 0.1) is 6.10 Å². The first-order chi connectivity index (χ1) is 11.4. The molecule has 2 heteroatoms. The van der Waals surface area contributed by atoms with Crippen molar-refractivity contribution in [3.8, 4) is 0 Å². The summed E-state index contributed by atoms with van der Waals surface area (Å²) in [5.74, 6) is 3.29. The molecule has 3 fully saturated rings. The van der Waals surface area contributed by atoms with Crippen LogP contribution < -0.4 is 0 Å². The van der Waals surface area contributed by atoms with Gasteiger partial charge in [0, 0.05) is 18.7 Å². The zero-order valence-electron chi connectivity index (χ0n) is 16.0. The molecule has 0 aliphatic heterocycles. The van der Waals surface area contributed by atoms with Crippen molar-refractivity contribution < 1.29 is 5.11 Å². The van der Waals surface area contributed by atoms with E-state index in [-0.39, 0.29) is 6.10 Å². The number of fused-ring (bicyclic) bond motifs is 5. The summed E-state index contributed by atoms with van der Waals surface area (Å²) in [5.41, 5.74) is 3.82. The molecule has 1 N–H and O–H groups in total. The molecule has 7 atom stereocenters. The summed E-state index contributed by atoms with van der Waals surface area (Å²) in [5, 5.41) is 10.1. The van der Waals surface area contributed by atoms with Gasteiger partial charge >= 0.3 is 0 Å². The Morgan fingerprint density at radius 3 is 2.67 bits per heavy atom. The second-order valence-electron chi connectivity index (χ2n) is 9.70.